The van der Waals surface area contributed by atoms with Crippen LogP contribution in [-0.2, 0) is 16.7 Å². The van der Waals surface area contributed by atoms with Crippen molar-refractivity contribution in [2.24, 2.45) is 0 Å². The zero-order valence-electron chi connectivity index (χ0n) is 11.1. The molecule has 0 atom stereocenters. The number of hydrogen-bond acceptors (Lipinski definition) is 3. The summed E-state index contributed by atoms with van der Waals surface area (Å²) in [5.41, 5.74) is 0.120. The predicted octanol–water partition coefficient (Wildman–Crippen LogP) is 1.51. The summed E-state index contributed by atoms with van der Waals surface area (Å²) in [6.07, 6.45) is 3.99. The Morgan fingerprint density at radius 3 is 2.59 bits per heavy atom. The fourth-order valence-electron chi connectivity index (χ4n) is 2.21. The van der Waals surface area contributed by atoms with Gasteiger partial charge >= 0.3 is 0 Å². The van der Waals surface area contributed by atoms with Gasteiger partial charge in [-0.1, -0.05) is 20.8 Å². The number of nitrogens with zero attached hydrogens (tertiary/aromatic N) is 3. The number of ether oxygens (including phenoxy) is 1. The van der Waals surface area contributed by atoms with Crippen molar-refractivity contribution in [1.29, 1.82) is 0 Å². The Balaban J connectivity index is 1.92. The van der Waals surface area contributed by atoms with Crippen molar-refractivity contribution < 1.29 is 4.74 Å². The van der Waals surface area contributed by atoms with Gasteiger partial charge in [-0.3, -0.25) is 4.90 Å². The summed E-state index contributed by atoms with van der Waals surface area (Å²) in [5, 5.41) is 0. The molecule has 0 saturated carbocycles. The van der Waals surface area contributed by atoms with E-state index in [0.29, 0.717) is 0 Å². The minimum atomic E-state index is 0.120. The lowest BCUT2D eigenvalue weighted by molar-refractivity contribution is 0.0362. The van der Waals surface area contributed by atoms with Crippen molar-refractivity contribution in [2.75, 3.05) is 32.8 Å². The fraction of sp³-hybridized carbons (Fsp3) is 0.769. The van der Waals surface area contributed by atoms with Gasteiger partial charge in [0.05, 0.1) is 13.2 Å². The van der Waals surface area contributed by atoms with Gasteiger partial charge in [0.15, 0.2) is 0 Å². The number of rotatable bonds is 3. The Kier molecular flexibility index (Phi) is 3.84. The maximum Gasteiger partial charge on any atom is 0.114 e. The van der Waals surface area contributed by atoms with Crippen LogP contribution >= 0.6 is 0 Å². The number of imidazole rings is 1. The molecule has 1 aromatic rings. The van der Waals surface area contributed by atoms with Crippen molar-refractivity contribution in [2.45, 2.75) is 32.7 Å². The summed E-state index contributed by atoms with van der Waals surface area (Å²) in [4.78, 5) is 6.93. The van der Waals surface area contributed by atoms with Crippen LogP contribution in [0.2, 0.25) is 0 Å². The highest BCUT2D eigenvalue weighted by Crippen LogP contribution is 2.20. The molecule has 96 valence electrons. The van der Waals surface area contributed by atoms with E-state index in [1.165, 1.54) is 5.82 Å². The molecular formula is C13H23N3O. The zero-order valence-corrected chi connectivity index (χ0v) is 11.1. The average Bonchev–Trinajstić information content (AvgIpc) is 2.75. The van der Waals surface area contributed by atoms with Gasteiger partial charge in [0.1, 0.15) is 5.82 Å². The van der Waals surface area contributed by atoms with Gasteiger partial charge < -0.3 is 9.30 Å². The second-order valence-corrected chi connectivity index (χ2v) is 5.65. The Morgan fingerprint density at radius 2 is 1.94 bits per heavy atom. The molecule has 17 heavy (non-hydrogen) atoms. The Morgan fingerprint density at radius 1 is 1.24 bits per heavy atom. The van der Waals surface area contributed by atoms with Crippen LogP contribution < -0.4 is 0 Å². The molecule has 0 spiro atoms. The van der Waals surface area contributed by atoms with Crippen LogP contribution in [0.1, 0.15) is 26.6 Å². The van der Waals surface area contributed by atoms with Crippen LogP contribution in [0, 0.1) is 0 Å². The van der Waals surface area contributed by atoms with E-state index in [2.05, 4.69) is 41.4 Å². The molecule has 0 bridgehead atoms. The van der Waals surface area contributed by atoms with Crippen molar-refractivity contribution in [3.8, 4) is 0 Å². The van der Waals surface area contributed by atoms with Crippen LogP contribution in [-0.4, -0.2) is 47.3 Å². The van der Waals surface area contributed by atoms with E-state index < -0.39 is 0 Å². The first kappa shape index (κ1) is 12.6. The van der Waals surface area contributed by atoms with Crippen molar-refractivity contribution in [1.82, 2.24) is 14.5 Å². The monoisotopic (exact) mass is 237 g/mol. The molecule has 4 nitrogen and oxygen atoms in total. The van der Waals surface area contributed by atoms with Crippen molar-refractivity contribution in [3.05, 3.63) is 18.2 Å². The van der Waals surface area contributed by atoms with Crippen LogP contribution in [0.15, 0.2) is 12.4 Å². The van der Waals surface area contributed by atoms with Crippen LogP contribution in [0.5, 0.6) is 0 Å². The molecule has 2 rings (SSSR count). The summed E-state index contributed by atoms with van der Waals surface area (Å²) in [6.45, 7) is 12.6. The van der Waals surface area contributed by atoms with E-state index in [-0.39, 0.29) is 5.41 Å². The van der Waals surface area contributed by atoms with Gasteiger partial charge in [-0.05, 0) is 0 Å². The van der Waals surface area contributed by atoms with E-state index in [0.717, 1.165) is 39.4 Å². The summed E-state index contributed by atoms with van der Waals surface area (Å²) in [5.74, 6) is 1.17. The third-order valence-electron chi connectivity index (χ3n) is 3.15. The molecule has 0 amide bonds. The fourth-order valence-corrected chi connectivity index (χ4v) is 2.21. The highest BCUT2D eigenvalue weighted by atomic mass is 16.5. The standard InChI is InChI=1S/C13H23N3O/c1-13(2,3)12-14-4-5-16(12)7-6-15-8-10-17-11-9-15/h4-5H,6-11H2,1-3H3. The molecule has 0 N–H and O–H groups in total. The third-order valence-corrected chi connectivity index (χ3v) is 3.15. The van der Waals surface area contributed by atoms with Gasteiger partial charge in [-0.25, -0.2) is 4.98 Å². The molecule has 1 aromatic heterocycles. The maximum absolute atomic E-state index is 5.35. The number of morpholine rings is 1. The van der Waals surface area contributed by atoms with E-state index >= 15 is 0 Å². The summed E-state index contributed by atoms with van der Waals surface area (Å²) in [6, 6.07) is 0. The normalized spacial score (nSPS) is 18.5. The van der Waals surface area contributed by atoms with Crippen LogP contribution in [0.3, 0.4) is 0 Å². The minimum Gasteiger partial charge on any atom is -0.379 e. The molecule has 4 heteroatoms. The molecule has 0 aliphatic carbocycles. The molecule has 1 aliphatic rings. The predicted molar refractivity (Wildman–Crippen MR) is 68.2 cm³/mol. The molecule has 2 heterocycles. The van der Waals surface area contributed by atoms with Gasteiger partial charge in [0.25, 0.3) is 0 Å². The first-order valence-corrected chi connectivity index (χ1v) is 6.39. The highest BCUT2D eigenvalue weighted by Gasteiger charge is 2.20. The lowest BCUT2D eigenvalue weighted by Crippen LogP contribution is -2.38. The molecule has 1 aliphatic heterocycles. The quantitative estimate of drug-likeness (QED) is 0.798. The Labute approximate surface area is 104 Å². The first-order valence-electron chi connectivity index (χ1n) is 6.39. The molecule has 1 fully saturated rings. The molecule has 1 saturated heterocycles. The number of aromatic nitrogens is 2. The van der Waals surface area contributed by atoms with Crippen LogP contribution in [0.25, 0.3) is 0 Å². The minimum absolute atomic E-state index is 0.120. The summed E-state index contributed by atoms with van der Waals surface area (Å²) < 4.78 is 7.63. The van der Waals surface area contributed by atoms with E-state index in [4.69, 9.17) is 4.74 Å². The lowest BCUT2D eigenvalue weighted by atomic mass is 9.96. The highest BCUT2D eigenvalue weighted by molar-refractivity contribution is 5.04. The van der Waals surface area contributed by atoms with E-state index in [9.17, 15) is 0 Å². The Hall–Kier alpha value is -0.870. The topological polar surface area (TPSA) is 30.3 Å². The summed E-state index contributed by atoms with van der Waals surface area (Å²) >= 11 is 0. The molecule has 0 unspecified atom stereocenters. The van der Waals surface area contributed by atoms with E-state index in [1.807, 2.05) is 6.20 Å². The van der Waals surface area contributed by atoms with Gasteiger partial charge in [-0.2, -0.15) is 0 Å². The van der Waals surface area contributed by atoms with Gasteiger partial charge in [0, 0.05) is 44.0 Å². The first-order chi connectivity index (χ1) is 8.07. The second kappa shape index (κ2) is 5.19. The van der Waals surface area contributed by atoms with Gasteiger partial charge in [0.2, 0.25) is 0 Å². The van der Waals surface area contributed by atoms with Gasteiger partial charge in [-0.15, -0.1) is 0 Å². The molecule has 0 radical (unpaired) electrons. The molecule has 0 aromatic carbocycles. The van der Waals surface area contributed by atoms with Crippen molar-refractivity contribution >= 4 is 0 Å². The number of hydrogen-bond donors (Lipinski definition) is 0. The lowest BCUT2D eigenvalue weighted by Gasteiger charge is -2.27. The molecular weight excluding hydrogens is 214 g/mol. The smallest absolute Gasteiger partial charge is 0.114 e. The van der Waals surface area contributed by atoms with Crippen LogP contribution in [0.4, 0.5) is 0 Å². The average molecular weight is 237 g/mol. The zero-order chi connectivity index (χ0) is 12.3. The largest absolute Gasteiger partial charge is 0.379 e. The summed E-state index contributed by atoms with van der Waals surface area (Å²) in [7, 11) is 0. The second-order valence-electron chi connectivity index (χ2n) is 5.65. The third kappa shape index (κ3) is 3.30. The Bertz CT molecular complexity index is 348. The SMILES string of the molecule is CC(C)(C)c1nccn1CCN1CCOCC1. The maximum atomic E-state index is 5.35. The van der Waals surface area contributed by atoms with E-state index in [1.54, 1.807) is 0 Å². The van der Waals surface area contributed by atoms with Crippen molar-refractivity contribution in [3.63, 3.8) is 0 Å².